The van der Waals surface area contributed by atoms with Gasteiger partial charge in [-0.15, -0.1) is 0 Å². The summed E-state index contributed by atoms with van der Waals surface area (Å²) in [6, 6.07) is 0.416. The van der Waals surface area contributed by atoms with Gasteiger partial charge < -0.3 is 10.5 Å². The Bertz CT molecular complexity index is 303. The summed E-state index contributed by atoms with van der Waals surface area (Å²) < 4.78 is 7.43. The van der Waals surface area contributed by atoms with E-state index in [1.165, 1.54) is 12.8 Å². The number of nitrogens with zero attached hydrogens (tertiary/aromatic N) is 2. The van der Waals surface area contributed by atoms with Gasteiger partial charge in [0.2, 0.25) is 0 Å². The Morgan fingerprint density at radius 3 is 2.80 bits per heavy atom. The lowest BCUT2D eigenvalue weighted by atomic mass is 9.87. The van der Waals surface area contributed by atoms with Gasteiger partial charge in [-0.25, -0.2) is 0 Å². The van der Waals surface area contributed by atoms with Gasteiger partial charge in [0, 0.05) is 13.1 Å². The third-order valence-electron chi connectivity index (χ3n) is 3.06. The van der Waals surface area contributed by atoms with Crippen LogP contribution in [0.3, 0.4) is 0 Å². The highest BCUT2D eigenvalue weighted by atomic mass is 16.5. The van der Waals surface area contributed by atoms with Gasteiger partial charge in [0.25, 0.3) is 0 Å². The Kier molecular flexibility index (Phi) is 3.26. The average Bonchev–Trinajstić information content (AvgIpc) is 2.64. The van der Waals surface area contributed by atoms with Gasteiger partial charge in [-0.3, -0.25) is 4.68 Å². The molecule has 1 aromatic rings. The molecule has 2 rings (SSSR count). The van der Waals surface area contributed by atoms with Crippen molar-refractivity contribution in [3.63, 3.8) is 0 Å². The molecule has 0 radical (unpaired) electrons. The topological polar surface area (TPSA) is 53.1 Å². The van der Waals surface area contributed by atoms with E-state index >= 15 is 0 Å². The Labute approximate surface area is 90.4 Å². The first-order valence-electron chi connectivity index (χ1n) is 5.61. The number of aryl methyl sites for hydroxylation is 1. The fourth-order valence-electron chi connectivity index (χ4n) is 2.04. The molecular formula is C11H19N3O. The molecule has 4 nitrogen and oxygen atoms in total. The second-order valence-corrected chi connectivity index (χ2v) is 4.44. The highest BCUT2D eigenvalue weighted by Gasteiger charge is 2.18. The zero-order valence-corrected chi connectivity index (χ0v) is 9.22. The molecule has 2 N–H and O–H groups in total. The van der Waals surface area contributed by atoms with Crippen molar-refractivity contribution in [2.75, 3.05) is 6.61 Å². The smallest absolute Gasteiger partial charge is 0.157 e. The number of aromatic nitrogens is 2. The van der Waals surface area contributed by atoms with Crippen LogP contribution in [0.5, 0.6) is 5.75 Å². The molecule has 1 aliphatic rings. The Morgan fingerprint density at radius 1 is 1.47 bits per heavy atom. The van der Waals surface area contributed by atoms with Gasteiger partial charge in [-0.05, 0) is 31.6 Å². The van der Waals surface area contributed by atoms with E-state index in [1.54, 1.807) is 10.9 Å². The van der Waals surface area contributed by atoms with Crippen molar-refractivity contribution in [3.8, 4) is 5.75 Å². The molecule has 1 fully saturated rings. The van der Waals surface area contributed by atoms with Crippen LogP contribution in [0.1, 0.15) is 25.7 Å². The van der Waals surface area contributed by atoms with Crippen molar-refractivity contribution < 1.29 is 4.74 Å². The van der Waals surface area contributed by atoms with Gasteiger partial charge >= 0.3 is 0 Å². The molecule has 0 saturated heterocycles. The summed E-state index contributed by atoms with van der Waals surface area (Å²) in [6.07, 6.45) is 8.33. The van der Waals surface area contributed by atoms with Crippen LogP contribution < -0.4 is 10.5 Å². The van der Waals surface area contributed by atoms with Crippen molar-refractivity contribution >= 4 is 0 Å². The fourth-order valence-corrected chi connectivity index (χ4v) is 2.04. The van der Waals surface area contributed by atoms with E-state index in [2.05, 4.69) is 5.10 Å². The lowest BCUT2D eigenvalue weighted by molar-refractivity contribution is 0.200. The van der Waals surface area contributed by atoms with Crippen molar-refractivity contribution in [1.29, 1.82) is 0 Å². The summed E-state index contributed by atoms with van der Waals surface area (Å²) in [7, 11) is 1.90. The van der Waals surface area contributed by atoms with Crippen LogP contribution >= 0.6 is 0 Å². The summed E-state index contributed by atoms with van der Waals surface area (Å²) in [5.74, 6) is 1.54. The number of ether oxygens (including phenoxy) is 1. The van der Waals surface area contributed by atoms with Gasteiger partial charge in [-0.2, -0.15) is 5.10 Å². The number of rotatable bonds is 3. The van der Waals surface area contributed by atoms with Gasteiger partial charge in [0.15, 0.2) is 5.75 Å². The molecule has 0 amide bonds. The van der Waals surface area contributed by atoms with Gasteiger partial charge in [0.05, 0.1) is 19.0 Å². The lowest BCUT2D eigenvalue weighted by Gasteiger charge is -2.25. The fraction of sp³-hybridized carbons (Fsp3) is 0.727. The second-order valence-electron chi connectivity index (χ2n) is 4.44. The third-order valence-corrected chi connectivity index (χ3v) is 3.06. The van der Waals surface area contributed by atoms with E-state index < -0.39 is 0 Å². The van der Waals surface area contributed by atoms with E-state index in [1.807, 2.05) is 13.2 Å². The minimum absolute atomic E-state index is 0.416. The van der Waals surface area contributed by atoms with Crippen LogP contribution in [0.4, 0.5) is 0 Å². The van der Waals surface area contributed by atoms with E-state index in [-0.39, 0.29) is 0 Å². The van der Waals surface area contributed by atoms with Crippen LogP contribution in [-0.4, -0.2) is 22.4 Å². The Balaban J connectivity index is 1.74. The van der Waals surface area contributed by atoms with Crippen molar-refractivity contribution in [3.05, 3.63) is 12.4 Å². The molecule has 1 saturated carbocycles. The maximum absolute atomic E-state index is 5.85. The predicted molar refractivity (Wildman–Crippen MR) is 58.6 cm³/mol. The van der Waals surface area contributed by atoms with Crippen LogP contribution in [0.15, 0.2) is 12.4 Å². The molecule has 0 aliphatic heterocycles. The SMILES string of the molecule is Cn1cc(OCC2CCC(N)CC2)cn1. The highest BCUT2D eigenvalue weighted by Crippen LogP contribution is 2.23. The van der Waals surface area contributed by atoms with Crippen LogP contribution in [0, 0.1) is 5.92 Å². The van der Waals surface area contributed by atoms with E-state index in [0.29, 0.717) is 12.0 Å². The van der Waals surface area contributed by atoms with Crippen molar-refractivity contribution in [2.45, 2.75) is 31.7 Å². The molecule has 0 bridgehead atoms. The third kappa shape index (κ3) is 2.96. The maximum atomic E-state index is 5.85. The Hall–Kier alpha value is -1.03. The molecular weight excluding hydrogens is 190 g/mol. The van der Waals surface area contributed by atoms with E-state index in [4.69, 9.17) is 10.5 Å². The number of hydrogen-bond acceptors (Lipinski definition) is 3. The van der Waals surface area contributed by atoms with Crippen LogP contribution in [0.2, 0.25) is 0 Å². The van der Waals surface area contributed by atoms with Crippen LogP contribution in [0.25, 0.3) is 0 Å². The summed E-state index contributed by atoms with van der Waals surface area (Å²) in [5, 5.41) is 4.06. The summed E-state index contributed by atoms with van der Waals surface area (Å²) >= 11 is 0. The normalized spacial score (nSPS) is 26.5. The first kappa shape index (κ1) is 10.5. The monoisotopic (exact) mass is 209 g/mol. The molecule has 1 aromatic heterocycles. The average molecular weight is 209 g/mol. The minimum Gasteiger partial charge on any atom is -0.490 e. The number of nitrogens with two attached hydrogens (primary N) is 1. The van der Waals surface area contributed by atoms with Gasteiger partial charge in [0.1, 0.15) is 0 Å². The molecule has 1 aliphatic carbocycles. The summed E-state index contributed by atoms with van der Waals surface area (Å²) in [6.45, 7) is 0.804. The largest absolute Gasteiger partial charge is 0.490 e. The molecule has 0 spiro atoms. The van der Waals surface area contributed by atoms with E-state index in [9.17, 15) is 0 Å². The zero-order chi connectivity index (χ0) is 10.7. The Morgan fingerprint density at radius 2 is 2.20 bits per heavy atom. The second kappa shape index (κ2) is 4.66. The minimum atomic E-state index is 0.416. The van der Waals surface area contributed by atoms with E-state index in [0.717, 1.165) is 25.2 Å². The molecule has 0 aromatic carbocycles. The highest BCUT2D eigenvalue weighted by molar-refractivity contribution is 5.11. The van der Waals surface area contributed by atoms with Crippen molar-refractivity contribution in [1.82, 2.24) is 9.78 Å². The predicted octanol–water partition coefficient (Wildman–Crippen LogP) is 1.32. The van der Waals surface area contributed by atoms with Gasteiger partial charge in [-0.1, -0.05) is 0 Å². The maximum Gasteiger partial charge on any atom is 0.157 e. The molecule has 1 heterocycles. The summed E-state index contributed by atoms with van der Waals surface area (Å²) in [5.41, 5.74) is 5.85. The molecule has 15 heavy (non-hydrogen) atoms. The molecule has 0 unspecified atom stereocenters. The van der Waals surface area contributed by atoms with Crippen molar-refractivity contribution in [2.24, 2.45) is 18.7 Å². The zero-order valence-electron chi connectivity index (χ0n) is 9.22. The van der Waals surface area contributed by atoms with Crippen LogP contribution in [-0.2, 0) is 7.05 Å². The molecule has 0 atom stereocenters. The molecule has 84 valence electrons. The first-order chi connectivity index (χ1) is 7.24. The molecule has 4 heteroatoms. The number of hydrogen-bond donors (Lipinski definition) is 1. The standard InChI is InChI=1S/C11H19N3O/c1-14-7-11(6-13-14)15-8-9-2-4-10(12)5-3-9/h6-7,9-10H,2-5,8,12H2,1H3. The summed E-state index contributed by atoms with van der Waals surface area (Å²) in [4.78, 5) is 0. The first-order valence-corrected chi connectivity index (χ1v) is 5.61. The quantitative estimate of drug-likeness (QED) is 0.816. The lowest BCUT2D eigenvalue weighted by Crippen LogP contribution is -2.28.